The van der Waals surface area contributed by atoms with Crippen LogP contribution in [0.1, 0.15) is 37.6 Å². The molecule has 1 N–H and O–H groups in total. The lowest BCUT2D eigenvalue weighted by atomic mass is 10.1. The highest BCUT2D eigenvalue weighted by Crippen LogP contribution is 2.29. The fourth-order valence-electron chi connectivity index (χ4n) is 2.42. The molecule has 1 atom stereocenters. The van der Waals surface area contributed by atoms with Crippen LogP contribution < -0.4 is 5.32 Å². The van der Waals surface area contributed by atoms with E-state index in [4.69, 9.17) is 9.15 Å². The first-order valence-electron chi connectivity index (χ1n) is 7.20. The van der Waals surface area contributed by atoms with E-state index in [0.29, 0.717) is 6.61 Å². The summed E-state index contributed by atoms with van der Waals surface area (Å²) in [7, 11) is 1.71. The van der Waals surface area contributed by atoms with Crippen molar-refractivity contribution in [2.75, 3.05) is 13.7 Å². The molecule has 1 unspecified atom stereocenters. The highest BCUT2D eigenvalue weighted by Gasteiger charge is 2.14. The monoisotopic (exact) mass is 273 g/mol. The Kier molecular flexibility index (Phi) is 5.39. The second-order valence-electron chi connectivity index (χ2n) is 4.81. The lowest BCUT2D eigenvalue weighted by molar-refractivity contribution is 0.185. The average molecular weight is 273 g/mol. The fraction of sp³-hybridized carbons (Fsp3) is 0.412. The van der Waals surface area contributed by atoms with Gasteiger partial charge in [0.25, 0.3) is 0 Å². The number of ether oxygens (including phenoxy) is 1. The minimum atomic E-state index is 0.281. The van der Waals surface area contributed by atoms with Gasteiger partial charge in [0.05, 0.1) is 12.6 Å². The van der Waals surface area contributed by atoms with Gasteiger partial charge in [-0.05, 0) is 30.7 Å². The molecule has 0 amide bonds. The summed E-state index contributed by atoms with van der Waals surface area (Å²) < 4.78 is 11.3. The number of nitrogens with one attached hydrogen (secondary N) is 1. The molecule has 3 heteroatoms. The second kappa shape index (κ2) is 7.27. The van der Waals surface area contributed by atoms with Crippen molar-refractivity contribution in [3.05, 3.63) is 47.7 Å². The molecule has 0 spiro atoms. The van der Waals surface area contributed by atoms with Crippen molar-refractivity contribution in [1.29, 1.82) is 0 Å². The van der Waals surface area contributed by atoms with Gasteiger partial charge >= 0.3 is 0 Å². The SMILES string of the molecule is CCNC(CC)c1ccc(-c2ccccc2COC)o1. The van der Waals surface area contributed by atoms with E-state index in [1.807, 2.05) is 18.2 Å². The molecule has 0 saturated carbocycles. The van der Waals surface area contributed by atoms with Crippen LogP contribution in [0.25, 0.3) is 11.3 Å². The Hall–Kier alpha value is -1.58. The van der Waals surface area contributed by atoms with Crippen LogP contribution in [0.3, 0.4) is 0 Å². The Morgan fingerprint density at radius 2 is 1.95 bits per heavy atom. The molecule has 20 heavy (non-hydrogen) atoms. The van der Waals surface area contributed by atoms with Gasteiger partial charge < -0.3 is 14.5 Å². The number of methoxy groups -OCH3 is 1. The zero-order valence-electron chi connectivity index (χ0n) is 12.5. The summed E-state index contributed by atoms with van der Waals surface area (Å²) in [6.07, 6.45) is 1.01. The highest BCUT2D eigenvalue weighted by atomic mass is 16.5. The Balaban J connectivity index is 2.28. The van der Waals surface area contributed by atoms with Gasteiger partial charge in [0.15, 0.2) is 0 Å². The third-order valence-electron chi connectivity index (χ3n) is 3.41. The lowest BCUT2D eigenvalue weighted by Crippen LogP contribution is -2.19. The van der Waals surface area contributed by atoms with E-state index in [0.717, 1.165) is 35.6 Å². The fourth-order valence-corrected chi connectivity index (χ4v) is 2.42. The third-order valence-corrected chi connectivity index (χ3v) is 3.41. The number of hydrogen-bond donors (Lipinski definition) is 1. The zero-order valence-corrected chi connectivity index (χ0v) is 12.5. The van der Waals surface area contributed by atoms with Crippen LogP contribution in [0, 0.1) is 0 Å². The predicted octanol–water partition coefficient (Wildman–Crippen LogP) is 4.15. The summed E-state index contributed by atoms with van der Waals surface area (Å²) in [6, 6.07) is 12.6. The maximum Gasteiger partial charge on any atom is 0.134 e. The summed E-state index contributed by atoms with van der Waals surface area (Å²) in [5.41, 5.74) is 2.25. The molecule has 0 aliphatic heterocycles. The van der Waals surface area contributed by atoms with Crippen molar-refractivity contribution >= 4 is 0 Å². The molecule has 0 saturated heterocycles. The van der Waals surface area contributed by atoms with Gasteiger partial charge in [0, 0.05) is 12.7 Å². The van der Waals surface area contributed by atoms with Crippen molar-refractivity contribution in [3.8, 4) is 11.3 Å². The van der Waals surface area contributed by atoms with Crippen molar-refractivity contribution < 1.29 is 9.15 Å². The number of furan rings is 1. The third kappa shape index (κ3) is 3.30. The minimum absolute atomic E-state index is 0.281. The van der Waals surface area contributed by atoms with Crippen LogP contribution in [0.15, 0.2) is 40.8 Å². The summed E-state index contributed by atoms with van der Waals surface area (Å²) in [4.78, 5) is 0. The van der Waals surface area contributed by atoms with Gasteiger partial charge in [0.1, 0.15) is 11.5 Å². The molecule has 108 valence electrons. The molecule has 1 aromatic carbocycles. The molecule has 0 bridgehead atoms. The molecule has 0 radical (unpaired) electrons. The molecule has 0 aliphatic rings. The van der Waals surface area contributed by atoms with Crippen LogP contribution in [-0.4, -0.2) is 13.7 Å². The van der Waals surface area contributed by atoms with Crippen LogP contribution >= 0.6 is 0 Å². The number of benzene rings is 1. The van der Waals surface area contributed by atoms with E-state index in [1.165, 1.54) is 0 Å². The van der Waals surface area contributed by atoms with Gasteiger partial charge in [0.2, 0.25) is 0 Å². The van der Waals surface area contributed by atoms with Crippen LogP contribution in [0.5, 0.6) is 0 Å². The normalized spacial score (nSPS) is 12.6. The standard InChI is InChI=1S/C17H23NO2/c1-4-15(18-5-2)17-11-10-16(20-17)14-9-7-6-8-13(14)12-19-3/h6-11,15,18H,4-5,12H2,1-3H3. The van der Waals surface area contributed by atoms with Gasteiger partial charge in [-0.25, -0.2) is 0 Å². The Morgan fingerprint density at radius 1 is 1.15 bits per heavy atom. The van der Waals surface area contributed by atoms with Crippen molar-refractivity contribution in [1.82, 2.24) is 5.32 Å². The van der Waals surface area contributed by atoms with E-state index >= 15 is 0 Å². The first-order valence-corrected chi connectivity index (χ1v) is 7.20. The van der Waals surface area contributed by atoms with Crippen molar-refractivity contribution in [2.45, 2.75) is 32.9 Å². The molecule has 2 aromatic rings. The van der Waals surface area contributed by atoms with E-state index in [2.05, 4.69) is 37.4 Å². The van der Waals surface area contributed by atoms with Crippen LogP contribution in [-0.2, 0) is 11.3 Å². The summed E-state index contributed by atoms with van der Waals surface area (Å²) >= 11 is 0. The maximum atomic E-state index is 6.04. The predicted molar refractivity (Wildman–Crippen MR) is 81.6 cm³/mol. The van der Waals surface area contributed by atoms with Crippen molar-refractivity contribution in [2.24, 2.45) is 0 Å². The van der Waals surface area contributed by atoms with Crippen LogP contribution in [0.2, 0.25) is 0 Å². The molecular weight excluding hydrogens is 250 g/mol. The van der Waals surface area contributed by atoms with Gasteiger partial charge in [-0.1, -0.05) is 38.1 Å². The van der Waals surface area contributed by atoms with Gasteiger partial charge in [-0.2, -0.15) is 0 Å². The maximum absolute atomic E-state index is 6.04. The average Bonchev–Trinajstić information content (AvgIpc) is 2.95. The van der Waals surface area contributed by atoms with E-state index in [1.54, 1.807) is 7.11 Å². The first-order chi connectivity index (χ1) is 9.80. The van der Waals surface area contributed by atoms with Gasteiger partial charge in [-0.15, -0.1) is 0 Å². The highest BCUT2D eigenvalue weighted by molar-refractivity contribution is 5.62. The molecule has 3 nitrogen and oxygen atoms in total. The Bertz CT molecular complexity index is 533. The number of hydrogen-bond acceptors (Lipinski definition) is 3. The zero-order chi connectivity index (χ0) is 14.4. The second-order valence-corrected chi connectivity index (χ2v) is 4.81. The number of rotatable bonds is 7. The van der Waals surface area contributed by atoms with E-state index in [-0.39, 0.29) is 6.04 Å². The summed E-state index contributed by atoms with van der Waals surface area (Å²) in [5, 5.41) is 3.43. The van der Waals surface area contributed by atoms with Crippen LogP contribution in [0.4, 0.5) is 0 Å². The lowest BCUT2D eigenvalue weighted by Gasteiger charge is -2.12. The molecule has 1 aromatic heterocycles. The Labute approximate surface area is 121 Å². The molecular formula is C17H23NO2. The largest absolute Gasteiger partial charge is 0.459 e. The molecule has 1 heterocycles. The van der Waals surface area contributed by atoms with Crippen molar-refractivity contribution in [3.63, 3.8) is 0 Å². The quantitative estimate of drug-likeness (QED) is 0.822. The smallest absolute Gasteiger partial charge is 0.134 e. The summed E-state index contributed by atoms with van der Waals surface area (Å²) in [6.45, 7) is 5.81. The van der Waals surface area contributed by atoms with E-state index in [9.17, 15) is 0 Å². The van der Waals surface area contributed by atoms with E-state index < -0.39 is 0 Å². The topological polar surface area (TPSA) is 34.4 Å². The molecule has 0 aliphatic carbocycles. The molecule has 2 rings (SSSR count). The first kappa shape index (κ1) is 14.8. The van der Waals surface area contributed by atoms with Gasteiger partial charge in [-0.3, -0.25) is 0 Å². The minimum Gasteiger partial charge on any atom is -0.459 e. The summed E-state index contributed by atoms with van der Waals surface area (Å²) in [5.74, 6) is 1.90. The Morgan fingerprint density at radius 3 is 2.65 bits per heavy atom. The molecule has 0 fully saturated rings.